The second-order valence-electron chi connectivity index (χ2n) is 29.5. The van der Waals surface area contributed by atoms with E-state index in [0.717, 1.165) is 162 Å². The van der Waals surface area contributed by atoms with Crippen LogP contribution in [0.15, 0.2) is 136 Å². The zero-order chi connectivity index (χ0) is 85.0. The third-order valence-corrected chi connectivity index (χ3v) is 22.4. The number of nitrogens with one attached hydrogen (secondary N) is 8. The highest BCUT2D eigenvalue weighted by Gasteiger charge is 2.36. The zero-order valence-electron chi connectivity index (χ0n) is 66.5. The van der Waals surface area contributed by atoms with E-state index in [0.29, 0.717) is 125 Å². The highest BCUT2D eigenvalue weighted by atomic mass is 32.2. The number of nitrogens with zero attached hydrogens (tertiary/aromatic N) is 11. The van der Waals surface area contributed by atoms with Gasteiger partial charge in [-0.05, 0) is 162 Å². The van der Waals surface area contributed by atoms with Crippen LogP contribution in [0.4, 0.5) is 52.9 Å². The van der Waals surface area contributed by atoms with Gasteiger partial charge >= 0.3 is 35.4 Å². The molecule has 10 heterocycles. The lowest BCUT2D eigenvalue weighted by Crippen LogP contribution is -2.49. The van der Waals surface area contributed by atoms with Crippen LogP contribution in [0.5, 0.6) is 0 Å². The molecular formula is C80H102FN21O16S. The molecule has 5 aromatic carbocycles. The zero-order valence-corrected chi connectivity index (χ0v) is 67.3. The molecule has 7 aliphatic rings. The van der Waals surface area contributed by atoms with Crippen molar-refractivity contribution in [3.63, 3.8) is 0 Å². The lowest BCUT2D eigenvalue weighted by molar-refractivity contribution is -0.159. The molecule has 0 atom stereocenters. The molecule has 15 rings (SSSR count). The average Bonchev–Trinajstić information content (AvgIpc) is 1.64. The lowest BCUT2D eigenvalue weighted by atomic mass is 9.89. The third kappa shape index (κ3) is 24.0. The lowest BCUT2D eigenvalue weighted by Gasteiger charge is -2.39. The van der Waals surface area contributed by atoms with Gasteiger partial charge in [-0.2, -0.15) is 0 Å². The Bertz CT molecular complexity index is 4920. The summed E-state index contributed by atoms with van der Waals surface area (Å²) in [5.41, 5.74) is 18.1. The second-order valence-corrected chi connectivity index (χ2v) is 30.0. The molecule has 0 radical (unpaired) electrons. The number of primary amides is 2. The predicted molar refractivity (Wildman–Crippen MR) is 446 cm³/mol. The van der Waals surface area contributed by atoms with Crippen LogP contribution < -0.4 is 59.3 Å². The van der Waals surface area contributed by atoms with E-state index in [2.05, 4.69) is 57.7 Å². The van der Waals surface area contributed by atoms with Crippen LogP contribution in [0.2, 0.25) is 0 Å². The van der Waals surface area contributed by atoms with Crippen LogP contribution in [-0.2, 0) is 54.8 Å². The van der Waals surface area contributed by atoms with Crippen molar-refractivity contribution in [1.82, 2.24) is 63.4 Å². The number of H-pyrrole nitrogens is 3. The van der Waals surface area contributed by atoms with Crippen LogP contribution >= 0.6 is 12.2 Å². The first-order valence-electron chi connectivity index (χ1n) is 39.2. The molecular weight excluding hydrogens is 1560 g/mol. The van der Waals surface area contributed by atoms with Crippen LogP contribution in [0, 0.1) is 5.82 Å². The molecule has 119 heavy (non-hydrogen) atoms. The molecule has 12 amide bonds. The topological polar surface area (TPSA) is 458 Å². The minimum absolute atomic E-state index is 0.0354. The summed E-state index contributed by atoms with van der Waals surface area (Å²) in [6.07, 6.45) is 16.0. The normalized spacial score (nSPS) is 17.0. The number of methoxy groups -OCH3 is 1. The number of halogens is 1. The smallest absolute Gasteiger partial charge is 0.337 e. The van der Waals surface area contributed by atoms with E-state index in [9.17, 15) is 66.7 Å². The maximum Gasteiger partial charge on any atom is 0.337 e. The number of rotatable bonds is 21. The average molecular weight is 1660 g/mol. The number of benzene rings is 5. The number of urea groups is 3. The van der Waals surface area contributed by atoms with Gasteiger partial charge in [-0.1, -0.05) is 42.5 Å². The monoisotopic (exact) mass is 1660 g/mol. The summed E-state index contributed by atoms with van der Waals surface area (Å²) in [6.45, 7) is 10.9. The van der Waals surface area contributed by atoms with Crippen molar-refractivity contribution in [2.45, 2.75) is 126 Å². The Morgan fingerprint density at radius 2 is 1.08 bits per heavy atom. The molecule has 636 valence electrons. The number of piperidine rings is 6. The van der Waals surface area contributed by atoms with Crippen molar-refractivity contribution in [2.75, 3.05) is 124 Å². The molecule has 8 aromatic rings. The number of fused-ring (bicyclic) bond motifs is 3. The fourth-order valence-corrected chi connectivity index (χ4v) is 15.7. The second kappa shape index (κ2) is 43.4. The van der Waals surface area contributed by atoms with E-state index in [-0.39, 0.29) is 58.0 Å². The van der Waals surface area contributed by atoms with Gasteiger partial charge in [0, 0.05) is 127 Å². The van der Waals surface area contributed by atoms with E-state index in [1.54, 1.807) is 42.7 Å². The predicted octanol–water partition coefficient (Wildman–Crippen LogP) is 6.76. The van der Waals surface area contributed by atoms with E-state index < -0.39 is 18.0 Å². The van der Waals surface area contributed by atoms with E-state index >= 15 is 0 Å². The number of ether oxygens (including phenoxy) is 1. The van der Waals surface area contributed by atoms with Crippen molar-refractivity contribution >= 4 is 131 Å². The van der Waals surface area contributed by atoms with Crippen molar-refractivity contribution in [3.05, 3.63) is 170 Å². The number of anilines is 6. The first-order valence-corrected chi connectivity index (χ1v) is 39.9. The summed E-state index contributed by atoms with van der Waals surface area (Å²) < 4.78 is 28.8. The Labute approximate surface area is 688 Å². The number of likely N-dealkylation sites (tertiary alicyclic amines) is 6. The molecule has 6 saturated heterocycles. The van der Waals surface area contributed by atoms with Gasteiger partial charge in [-0.25, -0.2) is 43.0 Å². The van der Waals surface area contributed by atoms with E-state index in [4.69, 9.17) is 20.5 Å². The van der Waals surface area contributed by atoms with Gasteiger partial charge in [0.1, 0.15) is 18.0 Å². The molecule has 37 nitrogen and oxygen atoms in total. The Balaban J connectivity index is 0.000000150. The highest BCUT2D eigenvalue weighted by Crippen LogP contribution is 2.34. The first-order chi connectivity index (χ1) is 57.6. The van der Waals surface area contributed by atoms with E-state index in [1.165, 1.54) is 54.3 Å². The molecule has 6 fully saturated rings. The number of imidazole rings is 2. The molecule has 39 heteroatoms. The van der Waals surface area contributed by atoms with Crippen molar-refractivity contribution in [2.24, 2.45) is 11.5 Å². The number of nitrogens with two attached hydrogens (primary N) is 2. The van der Waals surface area contributed by atoms with Crippen LogP contribution in [0.1, 0.15) is 106 Å². The number of esters is 1. The maximum atomic E-state index is 12.9. The van der Waals surface area contributed by atoms with Crippen molar-refractivity contribution in [1.29, 1.82) is 0 Å². The number of hydrogen-bond donors (Lipinski definition) is 10. The van der Waals surface area contributed by atoms with Gasteiger partial charge in [0.2, 0.25) is 38.5 Å². The molecule has 12 N–H and O–H groups in total. The van der Waals surface area contributed by atoms with Crippen LogP contribution in [0.3, 0.4) is 0 Å². The third-order valence-electron chi connectivity index (χ3n) is 21.9. The molecule has 3 aromatic heterocycles. The number of aromatic amines is 3. The van der Waals surface area contributed by atoms with Crippen molar-refractivity contribution in [3.8, 4) is 0 Å². The van der Waals surface area contributed by atoms with Gasteiger partial charge in [-0.3, -0.25) is 52.6 Å². The van der Waals surface area contributed by atoms with Gasteiger partial charge in [0.05, 0.1) is 65.4 Å². The minimum Gasteiger partial charge on any atom is -0.465 e. The number of hydrogen-bond acceptors (Lipinski definition) is 21. The number of aromatic nitrogens is 6. The quantitative estimate of drug-likeness (QED) is 0.00675. The first kappa shape index (κ1) is 88.6. The summed E-state index contributed by atoms with van der Waals surface area (Å²) in [5, 5.41) is 12.3. The summed E-state index contributed by atoms with van der Waals surface area (Å²) in [7, 11) is 2.79. The fourth-order valence-electron chi connectivity index (χ4n) is 15.3. The molecule has 0 unspecified atom stereocenters. The highest BCUT2D eigenvalue weighted by molar-refractivity contribution is 7.95. The summed E-state index contributed by atoms with van der Waals surface area (Å²) in [6, 6.07) is 33.3. The number of amides is 12. The number of carbonyl (C=O) groups is 10. The van der Waals surface area contributed by atoms with Gasteiger partial charge in [-0.15, -0.1) is 4.33 Å². The number of para-hydroxylation sites is 6. The Morgan fingerprint density at radius 3 is 1.61 bits per heavy atom. The maximum absolute atomic E-state index is 12.9. The number of carbonyl (C=O) groups excluding carboxylic acids is 10. The fraction of sp³-hybridized carbons (Fsp3) is 0.425. The minimum atomic E-state index is -0.579. The molecule has 0 spiro atoms. The largest absolute Gasteiger partial charge is 0.465 e. The van der Waals surface area contributed by atoms with Crippen LogP contribution in [0.25, 0.3) is 22.2 Å². The molecule has 0 saturated carbocycles. The summed E-state index contributed by atoms with van der Waals surface area (Å²) in [4.78, 5) is 177. The molecule has 0 aliphatic carbocycles. The SMILES string of the molecule is CC1(n2c(=O)[nH]c3ccccc32)CCN(C=O)CC1.COC(=O)c1ccc2c(c1)NC(=O)N(C1CCN(C=O)CC1)C2.COOSNc1ccccc1NC1CCN(C=O)CC1.NC(=O)N(c1ccc(F)cc1)C1CCN(C=O)CC1.NC(=O)Nc1ccccc1NC1CCN(C=O)CC1.O=CN1CCC(n2c(=O)[nH]c3c(=O)[nH]cnc32)CC1. The Morgan fingerprint density at radius 1 is 0.588 bits per heavy atom. The summed E-state index contributed by atoms with van der Waals surface area (Å²) in [5.74, 6) is -0.783. The van der Waals surface area contributed by atoms with Gasteiger partial charge in [0.15, 0.2) is 11.2 Å². The molecule has 0 bridgehead atoms. The van der Waals surface area contributed by atoms with Crippen molar-refractivity contribution < 1.29 is 66.3 Å². The summed E-state index contributed by atoms with van der Waals surface area (Å²) >= 11 is 1.02. The Kier molecular flexibility index (Phi) is 32.3. The van der Waals surface area contributed by atoms with Gasteiger partial charge in [0.25, 0.3) is 5.56 Å². The molecule has 7 aliphatic heterocycles. The van der Waals surface area contributed by atoms with Crippen LogP contribution in [-0.4, -0.2) is 243 Å². The van der Waals surface area contributed by atoms with E-state index in [1.807, 2.05) is 87.2 Å². The Hall–Kier alpha value is -12.8. The standard InChI is InChI=1S/C16H19N3O4.C14H17N3O2.C13H16FN3O2.C13H18N4O2.C13H19N3O3S.C11H13N5O3/c1-23-15(21)11-2-3-12-9-19(16(22)17-14(12)8-11)13-4-6-18(10-20)7-5-13;1-14(6-8-16(10-18)9-7-14)17-12-5-3-2-4-11(12)15-13(17)19;14-10-1-3-11(4-2-10)17(13(15)19)12-5-7-16(9-18)8-6-12;14-13(19)16-12-4-2-1-3-11(12)15-10-5-7-17(9-18)8-6-10;1-18-19-20-15-13-5-3-2-4-12(13)14-11-6-8-16(10-17)9-7-11;17-6-15-3-1-7(2-4-15)16-9-8(14-11(16)19)10(18)13-5-12-9/h2-3,8,10,13H,4-7,9H2,1H3,(H,17,22);2-5,10H,6-9H2,1H3,(H,15,19);1-4,9,12H,5-8H2,(H2,15,19);1-4,9-10,15H,5-8H2,(H3,14,16,19);2-5,10-11,14-15H,6-9H2,1H3;5-7H,1-4H2,(H,14,19)(H,12,13,18). The van der Waals surface area contributed by atoms with Gasteiger partial charge < -0.3 is 86.5 Å².